The molecule has 1 aliphatic carbocycles. The van der Waals surface area contributed by atoms with E-state index in [9.17, 15) is 4.79 Å². The van der Waals surface area contributed by atoms with Crippen LogP contribution in [-0.4, -0.2) is 19.0 Å². The van der Waals surface area contributed by atoms with E-state index < -0.39 is 0 Å². The smallest absolute Gasteiger partial charge is 0.220 e. The molecule has 0 aromatic heterocycles. The van der Waals surface area contributed by atoms with Crippen molar-refractivity contribution < 1.29 is 4.79 Å². The third kappa shape index (κ3) is 6.06. The van der Waals surface area contributed by atoms with Crippen LogP contribution in [0.3, 0.4) is 0 Å². The molecule has 0 aliphatic heterocycles. The van der Waals surface area contributed by atoms with Gasteiger partial charge in [0.2, 0.25) is 5.91 Å². The quantitative estimate of drug-likeness (QED) is 0.718. The van der Waals surface area contributed by atoms with E-state index in [0.29, 0.717) is 19.5 Å². The summed E-state index contributed by atoms with van der Waals surface area (Å²) >= 11 is 0. The van der Waals surface area contributed by atoms with Gasteiger partial charge >= 0.3 is 0 Å². The molecule has 0 unspecified atom stereocenters. The Morgan fingerprint density at radius 1 is 1.35 bits per heavy atom. The zero-order chi connectivity index (χ0) is 12.7. The van der Waals surface area contributed by atoms with E-state index in [4.69, 9.17) is 5.73 Å². The van der Waals surface area contributed by atoms with E-state index in [1.54, 1.807) is 0 Å². The van der Waals surface area contributed by atoms with Crippen molar-refractivity contribution in [3.05, 3.63) is 0 Å². The summed E-state index contributed by atoms with van der Waals surface area (Å²) in [5, 5.41) is 2.98. The standard InChI is InChI=1S/C14H28N2O/c1-14(2,10-15)11-16-13(17)9-5-8-12-6-3-4-7-12/h12H,3-11,15H2,1-2H3,(H,16,17). The molecule has 0 heterocycles. The topological polar surface area (TPSA) is 55.1 Å². The molecule has 0 spiro atoms. The summed E-state index contributed by atoms with van der Waals surface area (Å²) in [4.78, 5) is 11.6. The number of hydrogen-bond acceptors (Lipinski definition) is 2. The van der Waals surface area contributed by atoms with E-state index in [2.05, 4.69) is 19.2 Å². The Labute approximate surface area is 106 Å². The van der Waals surface area contributed by atoms with Gasteiger partial charge in [0, 0.05) is 13.0 Å². The van der Waals surface area contributed by atoms with Gasteiger partial charge in [-0.25, -0.2) is 0 Å². The zero-order valence-corrected chi connectivity index (χ0v) is 11.4. The minimum atomic E-state index is 0.0150. The van der Waals surface area contributed by atoms with Crippen molar-refractivity contribution in [3.8, 4) is 0 Å². The Bertz CT molecular complexity index is 232. The number of nitrogens with two attached hydrogens (primary N) is 1. The summed E-state index contributed by atoms with van der Waals surface area (Å²) in [5.41, 5.74) is 5.64. The molecule has 0 aromatic rings. The average molecular weight is 240 g/mol. The van der Waals surface area contributed by atoms with Gasteiger partial charge in [-0.1, -0.05) is 39.5 Å². The van der Waals surface area contributed by atoms with Gasteiger partial charge in [0.15, 0.2) is 0 Å². The highest BCUT2D eigenvalue weighted by molar-refractivity contribution is 5.75. The van der Waals surface area contributed by atoms with Crippen molar-refractivity contribution in [2.24, 2.45) is 17.1 Å². The molecule has 3 heteroatoms. The van der Waals surface area contributed by atoms with E-state index in [0.717, 1.165) is 12.3 Å². The fourth-order valence-corrected chi connectivity index (χ4v) is 2.35. The number of carbonyl (C=O) groups excluding carboxylic acids is 1. The second kappa shape index (κ2) is 7.00. The summed E-state index contributed by atoms with van der Waals surface area (Å²) in [7, 11) is 0. The Morgan fingerprint density at radius 2 is 2.00 bits per heavy atom. The van der Waals surface area contributed by atoms with Gasteiger partial charge < -0.3 is 11.1 Å². The summed E-state index contributed by atoms with van der Waals surface area (Å²) in [5.74, 6) is 1.08. The van der Waals surface area contributed by atoms with Crippen molar-refractivity contribution in [1.82, 2.24) is 5.32 Å². The van der Waals surface area contributed by atoms with E-state index in [1.165, 1.54) is 32.1 Å². The Balaban J connectivity index is 2.04. The van der Waals surface area contributed by atoms with Gasteiger partial charge in [-0.3, -0.25) is 4.79 Å². The molecule has 3 nitrogen and oxygen atoms in total. The molecular formula is C14H28N2O. The van der Waals surface area contributed by atoms with Crippen molar-refractivity contribution in [2.45, 2.75) is 58.8 Å². The molecule has 0 saturated heterocycles. The molecule has 1 aliphatic rings. The predicted molar refractivity (Wildman–Crippen MR) is 71.7 cm³/mol. The lowest BCUT2D eigenvalue weighted by Gasteiger charge is -2.22. The molecule has 0 aromatic carbocycles. The van der Waals surface area contributed by atoms with Gasteiger partial charge in [-0.2, -0.15) is 0 Å². The van der Waals surface area contributed by atoms with Crippen molar-refractivity contribution in [2.75, 3.05) is 13.1 Å². The second-order valence-corrected chi connectivity index (χ2v) is 6.19. The van der Waals surface area contributed by atoms with Crippen molar-refractivity contribution in [3.63, 3.8) is 0 Å². The van der Waals surface area contributed by atoms with Crippen LogP contribution in [0.15, 0.2) is 0 Å². The number of amides is 1. The van der Waals surface area contributed by atoms with Crippen LogP contribution in [0.5, 0.6) is 0 Å². The molecular weight excluding hydrogens is 212 g/mol. The molecule has 0 bridgehead atoms. The number of hydrogen-bond donors (Lipinski definition) is 2. The maximum atomic E-state index is 11.6. The van der Waals surface area contributed by atoms with Crippen LogP contribution >= 0.6 is 0 Å². The fourth-order valence-electron chi connectivity index (χ4n) is 2.35. The summed E-state index contributed by atoms with van der Waals surface area (Å²) in [6.45, 7) is 5.44. The summed E-state index contributed by atoms with van der Waals surface area (Å²) in [6, 6.07) is 0. The number of nitrogens with one attached hydrogen (secondary N) is 1. The van der Waals surface area contributed by atoms with Gasteiger partial charge in [0.05, 0.1) is 0 Å². The highest BCUT2D eigenvalue weighted by Gasteiger charge is 2.17. The minimum Gasteiger partial charge on any atom is -0.356 e. The van der Waals surface area contributed by atoms with Crippen LogP contribution in [0.2, 0.25) is 0 Å². The molecule has 1 amide bonds. The first-order chi connectivity index (χ1) is 8.03. The van der Waals surface area contributed by atoms with Gasteiger partial charge in [-0.05, 0) is 30.7 Å². The third-order valence-corrected chi connectivity index (χ3v) is 3.81. The van der Waals surface area contributed by atoms with E-state index in [-0.39, 0.29) is 11.3 Å². The highest BCUT2D eigenvalue weighted by atomic mass is 16.1. The van der Waals surface area contributed by atoms with Crippen molar-refractivity contribution in [1.29, 1.82) is 0 Å². The summed E-state index contributed by atoms with van der Waals surface area (Å²) < 4.78 is 0. The molecule has 0 radical (unpaired) electrons. The predicted octanol–water partition coefficient (Wildman–Crippen LogP) is 2.45. The Kier molecular flexibility index (Phi) is 5.96. The zero-order valence-electron chi connectivity index (χ0n) is 11.4. The van der Waals surface area contributed by atoms with Gasteiger partial charge in [-0.15, -0.1) is 0 Å². The van der Waals surface area contributed by atoms with Crippen LogP contribution in [0.25, 0.3) is 0 Å². The minimum absolute atomic E-state index is 0.0150. The van der Waals surface area contributed by atoms with E-state index >= 15 is 0 Å². The second-order valence-electron chi connectivity index (χ2n) is 6.19. The largest absolute Gasteiger partial charge is 0.356 e. The van der Waals surface area contributed by atoms with Crippen LogP contribution in [-0.2, 0) is 4.79 Å². The molecule has 1 saturated carbocycles. The van der Waals surface area contributed by atoms with E-state index in [1.807, 2.05) is 0 Å². The molecule has 1 fully saturated rings. The van der Waals surface area contributed by atoms with Gasteiger partial charge in [0.1, 0.15) is 0 Å². The average Bonchev–Trinajstić information content (AvgIpc) is 2.80. The molecule has 100 valence electrons. The summed E-state index contributed by atoms with van der Waals surface area (Å²) in [6.07, 6.45) is 8.48. The molecule has 1 rings (SSSR count). The maximum Gasteiger partial charge on any atom is 0.220 e. The lowest BCUT2D eigenvalue weighted by molar-refractivity contribution is -0.121. The lowest BCUT2D eigenvalue weighted by atomic mass is 9.94. The van der Waals surface area contributed by atoms with Gasteiger partial charge in [0.25, 0.3) is 0 Å². The van der Waals surface area contributed by atoms with Crippen LogP contribution in [0.1, 0.15) is 58.8 Å². The van der Waals surface area contributed by atoms with Crippen LogP contribution in [0.4, 0.5) is 0 Å². The highest BCUT2D eigenvalue weighted by Crippen LogP contribution is 2.28. The third-order valence-electron chi connectivity index (χ3n) is 3.81. The number of rotatable bonds is 7. The lowest BCUT2D eigenvalue weighted by Crippen LogP contribution is -2.38. The van der Waals surface area contributed by atoms with Crippen LogP contribution < -0.4 is 11.1 Å². The molecule has 17 heavy (non-hydrogen) atoms. The monoisotopic (exact) mass is 240 g/mol. The maximum absolute atomic E-state index is 11.6. The van der Waals surface area contributed by atoms with Crippen LogP contribution in [0, 0.1) is 11.3 Å². The normalized spacial score (nSPS) is 17.4. The first-order valence-corrected chi connectivity index (χ1v) is 7.00. The first-order valence-electron chi connectivity index (χ1n) is 7.00. The van der Waals surface area contributed by atoms with Crippen molar-refractivity contribution >= 4 is 5.91 Å². The Hall–Kier alpha value is -0.570. The SMILES string of the molecule is CC(C)(CN)CNC(=O)CCCC1CCCC1. The Morgan fingerprint density at radius 3 is 2.59 bits per heavy atom. The molecule has 0 atom stereocenters. The molecule has 3 N–H and O–H groups in total. The first kappa shape index (κ1) is 14.5. The fraction of sp³-hybridized carbons (Fsp3) is 0.929. The number of carbonyl (C=O) groups is 1.